The van der Waals surface area contributed by atoms with Crippen LogP contribution in [0.5, 0.6) is 0 Å². The second kappa shape index (κ2) is 4.42. The number of benzene rings is 1. The summed E-state index contributed by atoms with van der Waals surface area (Å²) in [7, 11) is 0. The molecule has 0 unspecified atom stereocenters. The lowest BCUT2D eigenvalue weighted by Gasteiger charge is -2.02. The number of nitrogens with one attached hydrogen (secondary N) is 1. The quantitative estimate of drug-likeness (QED) is 0.785. The minimum atomic E-state index is 0.788. The smallest absolute Gasteiger partial charge is 0.214 e. The lowest BCUT2D eigenvalue weighted by molar-refractivity contribution is 0.959. The van der Waals surface area contributed by atoms with E-state index in [1.807, 2.05) is 17.6 Å². The van der Waals surface area contributed by atoms with Gasteiger partial charge in [0.25, 0.3) is 0 Å². The second-order valence-corrected chi connectivity index (χ2v) is 5.31. The highest BCUT2D eigenvalue weighted by Crippen LogP contribution is 2.19. The molecule has 4 nitrogen and oxygen atoms in total. The number of hydrogen-bond donors (Lipinski definition) is 1. The van der Waals surface area contributed by atoms with E-state index in [4.69, 9.17) is 0 Å². The number of hydrogen-bond acceptors (Lipinski definition) is 4. The standard InChI is InChI=1S/C13H14N4S/c1-9-3-5-11(6-4-9)7-14-12-16-17-8-10(2)15-13(17)18-12/h3-6,8H,7H2,1-2H3,(H,14,16). The molecule has 0 fully saturated rings. The number of anilines is 1. The number of aryl methyl sites for hydroxylation is 2. The maximum absolute atomic E-state index is 4.43. The maximum Gasteiger partial charge on any atom is 0.214 e. The first-order chi connectivity index (χ1) is 8.70. The monoisotopic (exact) mass is 258 g/mol. The van der Waals surface area contributed by atoms with Gasteiger partial charge in [-0.25, -0.2) is 9.50 Å². The Balaban J connectivity index is 1.72. The summed E-state index contributed by atoms with van der Waals surface area (Å²) in [5.41, 5.74) is 3.53. The third-order valence-electron chi connectivity index (χ3n) is 2.73. The Kier molecular flexibility index (Phi) is 2.76. The van der Waals surface area contributed by atoms with E-state index in [0.717, 1.165) is 22.3 Å². The van der Waals surface area contributed by atoms with Crippen molar-refractivity contribution in [1.29, 1.82) is 0 Å². The highest BCUT2D eigenvalue weighted by atomic mass is 32.1. The Labute approximate surface area is 109 Å². The van der Waals surface area contributed by atoms with Crippen LogP contribution in [0.4, 0.5) is 5.13 Å². The summed E-state index contributed by atoms with van der Waals surface area (Å²) >= 11 is 1.57. The summed E-state index contributed by atoms with van der Waals surface area (Å²) in [6.07, 6.45) is 1.93. The Morgan fingerprint density at radius 2 is 2.00 bits per heavy atom. The molecule has 0 saturated heterocycles. The van der Waals surface area contributed by atoms with Crippen LogP contribution in [0.2, 0.25) is 0 Å². The molecule has 2 aromatic heterocycles. The zero-order valence-corrected chi connectivity index (χ0v) is 11.2. The summed E-state index contributed by atoms with van der Waals surface area (Å²) in [5, 5.41) is 8.65. The van der Waals surface area contributed by atoms with Crippen LogP contribution in [0.1, 0.15) is 16.8 Å². The van der Waals surface area contributed by atoms with Crippen molar-refractivity contribution in [2.24, 2.45) is 0 Å². The molecule has 0 spiro atoms. The van der Waals surface area contributed by atoms with E-state index < -0.39 is 0 Å². The van der Waals surface area contributed by atoms with Gasteiger partial charge in [-0.15, -0.1) is 5.10 Å². The van der Waals surface area contributed by atoms with Gasteiger partial charge >= 0.3 is 0 Å². The van der Waals surface area contributed by atoms with Gasteiger partial charge < -0.3 is 5.32 Å². The first-order valence-electron chi connectivity index (χ1n) is 5.83. The van der Waals surface area contributed by atoms with Crippen molar-refractivity contribution >= 4 is 21.4 Å². The molecule has 0 radical (unpaired) electrons. The average molecular weight is 258 g/mol. The van der Waals surface area contributed by atoms with Gasteiger partial charge in [-0.2, -0.15) is 0 Å². The summed E-state index contributed by atoms with van der Waals surface area (Å²) in [5.74, 6) is 0. The van der Waals surface area contributed by atoms with E-state index in [0.29, 0.717) is 0 Å². The van der Waals surface area contributed by atoms with Crippen LogP contribution < -0.4 is 5.32 Å². The molecule has 0 atom stereocenters. The fourth-order valence-electron chi connectivity index (χ4n) is 1.76. The average Bonchev–Trinajstić information content (AvgIpc) is 2.85. The molecule has 92 valence electrons. The van der Waals surface area contributed by atoms with E-state index >= 15 is 0 Å². The Morgan fingerprint density at radius 3 is 2.72 bits per heavy atom. The predicted molar refractivity (Wildman–Crippen MR) is 74.1 cm³/mol. The number of imidazole rings is 1. The first kappa shape index (κ1) is 11.2. The second-order valence-electron chi connectivity index (χ2n) is 4.36. The SMILES string of the molecule is Cc1ccc(CNc2nn3cc(C)nc3s2)cc1. The van der Waals surface area contributed by atoms with Crippen molar-refractivity contribution in [3.05, 3.63) is 47.3 Å². The summed E-state index contributed by atoms with van der Waals surface area (Å²) in [6, 6.07) is 8.50. The minimum absolute atomic E-state index is 0.788. The maximum atomic E-state index is 4.43. The normalized spacial score (nSPS) is 11.0. The lowest BCUT2D eigenvalue weighted by atomic mass is 10.1. The number of rotatable bonds is 3. The van der Waals surface area contributed by atoms with Crippen molar-refractivity contribution in [3.63, 3.8) is 0 Å². The molecular formula is C13H14N4S. The van der Waals surface area contributed by atoms with Gasteiger partial charge in [0.15, 0.2) is 0 Å². The molecule has 2 heterocycles. The fourth-order valence-corrected chi connectivity index (χ4v) is 2.59. The zero-order valence-electron chi connectivity index (χ0n) is 10.3. The Hall–Kier alpha value is -1.88. The van der Waals surface area contributed by atoms with E-state index in [2.05, 4.69) is 46.6 Å². The number of nitrogens with zero attached hydrogens (tertiary/aromatic N) is 3. The van der Waals surface area contributed by atoms with Gasteiger partial charge in [0.05, 0.1) is 11.9 Å². The van der Waals surface area contributed by atoms with Crippen molar-refractivity contribution < 1.29 is 0 Å². The topological polar surface area (TPSA) is 42.2 Å². The summed E-state index contributed by atoms with van der Waals surface area (Å²) < 4.78 is 1.82. The van der Waals surface area contributed by atoms with Crippen molar-refractivity contribution in [1.82, 2.24) is 14.6 Å². The molecule has 0 bridgehead atoms. The molecule has 0 aliphatic rings. The van der Waals surface area contributed by atoms with Crippen LogP contribution in [0, 0.1) is 13.8 Å². The van der Waals surface area contributed by atoms with Crippen LogP contribution in [-0.4, -0.2) is 14.6 Å². The largest absolute Gasteiger partial charge is 0.356 e. The van der Waals surface area contributed by atoms with Crippen LogP contribution in [0.25, 0.3) is 4.96 Å². The number of fused-ring (bicyclic) bond motifs is 1. The molecular weight excluding hydrogens is 244 g/mol. The van der Waals surface area contributed by atoms with Crippen LogP contribution in [-0.2, 0) is 6.54 Å². The van der Waals surface area contributed by atoms with Crippen LogP contribution in [0.3, 0.4) is 0 Å². The molecule has 1 aromatic carbocycles. The fraction of sp³-hybridized carbons (Fsp3) is 0.231. The van der Waals surface area contributed by atoms with Crippen molar-refractivity contribution in [2.45, 2.75) is 20.4 Å². The summed E-state index contributed by atoms with van der Waals surface area (Å²) in [4.78, 5) is 5.31. The highest BCUT2D eigenvalue weighted by molar-refractivity contribution is 7.20. The van der Waals surface area contributed by atoms with Gasteiger partial charge in [0.1, 0.15) is 0 Å². The zero-order chi connectivity index (χ0) is 12.5. The third kappa shape index (κ3) is 2.22. The first-order valence-corrected chi connectivity index (χ1v) is 6.64. The third-order valence-corrected chi connectivity index (χ3v) is 3.61. The van der Waals surface area contributed by atoms with E-state index in [-0.39, 0.29) is 0 Å². The van der Waals surface area contributed by atoms with Gasteiger partial charge in [-0.05, 0) is 19.4 Å². The molecule has 3 rings (SSSR count). The lowest BCUT2D eigenvalue weighted by Crippen LogP contribution is -1.99. The Morgan fingerprint density at radius 1 is 1.22 bits per heavy atom. The molecule has 0 aliphatic carbocycles. The van der Waals surface area contributed by atoms with Crippen LogP contribution in [0.15, 0.2) is 30.5 Å². The molecule has 3 aromatic rings. The van der Waals surface area contributed by atoms with Crippen molar-refractivity contribution in [3.8, 4) is 0 Å². The molecule has 1 N–H and O–H groups in total. The molecule has 0 aliphatic heterocycles. The highest BCUT2D eigenvalue weighted by Gasteiger charge is 2.05. The van der Waals surface area contributed by atoms with E-state index in [1.54, 1.807) is 11.3 Å². The van der Waals surface area contributed by atoms with Gasteiger partial charge in [0.2, 0.25) is 10.1 Å². The molecule has 0 amide bonds. The van der Waals surface area contributed by atoms with Gasteiger partial charge in [0, 0.05) is 6.54 Å². The molecule has 18 heavy (non-hydrogen) atoms. The van der Waals surface area contributed by atoms with Crippen molar-refractivity contribution in [2.75, 3.05) is 5.32 Å². The van der Waals surface area contributed by atoms with Gasteiger partial charge in [-0.1, -0.05) is 41.2 Å². The minimum Gasteiger partial charge on any atom is -0.356 e. The predicted octanol–water partition coefficient (Wildman–Crippen LogP) is 3.02. The molecule has 5 heteroatoms. The van der Waals surface area contributed by atoms with E-state index in [9.17, 15) is 0 Å². The Bertz CT molecular complexity index is 634. The van der Waals surface area contributed by atoms with Gasteiger partial charge in [-0.3, -0.25) is 0 Å². The summed E-state index contributed by atoms with van der Waals surface area (Å²) in [6.45, 7) is 4.85. The molecule has 0 saturated carbocycles. The number of aromatic nitrogens is 3. The van der Waals surface area contributed by atoms with E-state index in [1.165, 1.54) is 11.1 Å². The van der Waals surface area contributed by atoms with Crippen LogP contribution >= 0.6 is 11.3 Å².